The van der Waals surface area contributed by atoms with E-state index in [4.69, 9.17) is 11.1 Å². The molecule has 0 radical (unpaired) electrons. The number of benzene rings is 2. The zero-order chi connectivity index (χ0) is 29.3. The van der Waals surface area contributed by atoms with E-state index in [0.29, 0.717) is 34.9 Å². The van der Waals surface area contributed by atoms with Gasteiger partial charge in [0, 0.05) is 31.5 Å². The van der Waals surface area contributed by atoms with E-state index in [9.17, 15) is 32.7 Å². The predicted molar refractivity (Wildman–Crippen MR) is 146 cm³/mol. The fourth-order valence-corrected chi connectivity index (χ4v) is 5.82. The van der Waals surface area contributed by atoms with E-state index < -0.39 is 39.9 Å². The Morgan fingerprint density at radius 3 is 2.38 bits per heavy atom. The molecule has 2 aromatic carbocycles. The van der Waals surface area contributed by atoms with Crippen LogP contribution in [0.5, 0.6) is 0 Å². The lowest BCUT2D eigenvalue weighted by atomic mass is 10.0. The normalized spacial score (nSPS) is 15.8. The third-order valence-electron chi connectivity index (χ3n) is 6.20. The van der Waals surface area contributed by atoms with Crippen LogP contribution in [0.4, 0.5) is 5.69 Å². The molecule has 14 heteroatoms. The van der Waals surface area contributed by atoms with E-state index in [0.717, 1.165) is 0 Å². The van der Waals surface area contributed by atoms with Crippen molar-refractivity contribution in [1.82, 2.24) is 14.9 Å². The van der Waals surface area contributed by atoms with Gasteiger partial charge in [-0.15, -0.1) is 0 Å². The third kappa shape index (κ3) is 8.02. The Bertz CT molecular complexity index is 1350. The number of carbonyl (C=O) groups is 4. The van der Waals surface area contributed by atoms with E-state index >= 15 is 0 Å². The van der Waals surface area contributed by atoms with Gasteiger partial charge in [0.15, 0.2) is 5.96 Å². The Kier molecular flexibility index (Phi) is 10.2. The molecule has 1 aliphatic heterocycles. The monoisotopic (exact) mass is 572 g/mol. The highest BCUT2D eigenvalue weighted by molar-refractivity contribution is 7.89. The molecule has 7 N–H and O–H groups in total. The first-order chi connectivity index (χ1) is 19.0. The van der Waals surface area contributed by atoms with Gasteiger partial charge in [0.1, 0.15) is 12.1 Å². The summed E-state index contributed by atoms with van der Waals surface area (Å²) >= 11 is 0. The van der Waals surface area contributed by atoms with E-state index in [1.165, 1.54) is 24.3 Å². The zero-order valence-corrected chi connectivity index (χ0v) is 22.4. The first kappa shape index (κ1) is 30.1. The van der Waals surface area contributed by atoms with Gasteiger partial charge in [-0.2, -0.15) is 0 Å². The summed E-state index contributed by atoms with van der Waals surface area (Å²) < 4.78 is 26.6. The molecule has 0 aromatic heterocycles. The van der Waals surface area contributed by atoms with Gasteiger partial charge in [-0.05, 0) is 49.1 Å². The van der Waals surface area contributed by atoms with E-state index in [-0.39, 0.29) is 42.4 Å². The molecule has 13 nitrogen and oxygen atoms in total. The van der Waals surface area contributed by atoms with Crippen molar-refractivity contribution < 1.29 is 32.7 Å². The molecule has 1 aliphatic rings. The Morgan fingerprint density at radius 2 is 1.75 bits per heavy atom. The summed E-state index contributed by atoms with van der Waals surface area (Å²) in [6, 6.07) is 10.9. The lowest BCUT2D eigenvalue weighted by molar-refractivity contribution is -0.142. The van der Waals surface area contributed by atoms with E-state index in [1.807, 2.05) is 0 Å². The molecule has 40 heavy (non-hydrogen) atoms. The maximum atomic E-state index is 13.1. The van der Waals surface area contributed by atoms with Crippen LogP contribution in [0.3, 0.4) is 0 Å². The van der Waals surface area contributed by atoms with E-state index in [2.05, 4.69) is 16.0 Å². The maximum absolute atomic E-state index is 13.1. The van der Waals surface area contributed by atoms with Crippen molar-refractivity contribution in [3.8, 4) is 0 Å². The number of aliphatic carboxylic acids is 1. The molecular weight excluding hydrogens is 540 g/mol. The first-order valence-electron chi connectivity index (χ1n) is 12.6. The first-order valence-corrected chi connectivity index (χ1v) is 14.0. The summed E-state index contributed by atoms with van der Waals surface area (Å²) in [4.78, 5) is 49.4. The summed E-state index contributed by atoms with van der Waals surface area (Å²) in [5.41, 5.74) is 6.26. The molecular formula is C26H32N6O7S. The number of carbonyl (C=O) groups excluding carboxylic acids is 3. The van der Waals surface area contributed by atoms with Crippen LogP contribution < -0.4 is 21.7 Å². The van der Waals surface area contributed by atoms with Crippen molar-refractivity contribution in [1.29, 1.82) is 5.41 Å². The molecule has 0 spiro atoms. The van der Waals surface area contributed by atoms with Crippen molar-refractivity contribution in [3.63, 3.8) is 0 Å². The lowest BCUT2D eigenvalue weighted by Crippen LogP contribution is -2.52. The number of hydrogen-bond acceptors (Lipinski definition) is 7. The summed E-state index contributed by atoms with van der Waals surface area (Å²) in [7, 11) is -4.30. The predicted octanol–water partition coefficient (Wildman–Crippen LogP) is 0.770. The van der Waals surface area contributed by atoms with Gasteiger partial charge in [0.2, 0.25) is 17.7 Å². The Morgan fingerprint density at radius 1 is 1.07 bits per heavy atom. The highest BCUT2D eigenvalue weighted by Gasteiger charge is 2.44. The Hall–Kier alpha value is -4.46. The average Bonchev–Trinajstić information content (AvgIpc) is 3.31. The van der Waals surface area contributed by atoms with E-state index in [1.54, 1.807) is 30.3 Å². The number of nitrogens with one attached hydrogen (secondary N) is 4. The molecule has 1 heterocycles. The van der Waals surface area contributed by atoms with Crippen LogP contribution in [0, 0.1) is 5.41 Å². The molecule has 0 unspecified atom stereocenters. The highest BCUT2D eigenvalue weighted by Crippen LogP contribution is 2.27. The van der Waals surface area contributed by atoms with Gasteiger partial charge in [-0.25, -0.2) is 17.5 Å². The van der Waals surface area contributed by atoms with Gasteiger partial charge >= 0.3 is 5.97 Å². The third-order valence-corrected chi connectivity index (χ3v) is 8.05. The van der Waals surface area contributed by atoms with Crippen LogP contribution in [0.15, 0.2) is 59.5 Å². The molecule has 0 saturated carbocycles. The van der Waals surface area contributed by atoms with Crippen molar-refractivity contribution in [2.45, 2.75) is 55.5 Å². The van der Waals surface area contributed by atoms with Gasteiger partial charge in [0.05, 0.1) is 4.90 Å². The van der Waals surface area contributed by atoms with Gasteiger partial charge < -0.3 is 26.8 Å². The molecule has 2 aromatic rings. The number of guanidine groups is 1. The summed E-state index contributed by atoms with van der Waals surface area (Å²) in [5, 5.41) is 24.6. The highest BCUT2D eigenvalue weighted by atomic mass is 32.2. The number of hydrogen-bond donors (Lipinski definition) is 6. The van der Waals surface area contributed by atoms with Gasteiger partial charge in [-0.1, -0.05) is 30.3 Å². The minimum atomic E-state index is -4.30. The number of nitrogens with zero attached hydrogens (tertiary/aromatic N) is 1. The summed E-state index contributed by atoms with van der Waals surface area (Å²) in [6.07, 6.45) is 1.20. The number of nitrogens with two attached hydrogens (primary N) is 1. The Balaban J connectivity index is 1.59. The van der Waals surface area contributed by atoms with Crippen molar-refractivity contribution >= 4 is 45.4 Å². The summed E-state index contributed by atoms with van der Waals surface area (Å²) in [6.45, 7) is 0.497. The molecule has 214 valence electrons. The number of sulfonamides is 1. The van der Waals surface area contributed by atoms with Gasteiger partial charge in [0.25, 0.3) is 10.0 Å². The van der Waals surface area contributed by atoms with Crippen molar-refractivity contribution in [2.24, 2.45) is 5.73 Å². The number of rotatable bonds is 13. The number of amides is 3. The second-order valence-corrected chi connectivity index (χ2v) is 11.0. The Labute approximate surface area is 231 Å². The molecule has 3 rings (SSSR count). The molecule has 0 aliphatic carbocycles. The number of carboxylic acids is 1. The fourth-order valence-electron chi connectivity index (χ4n) is 4.19. The maximum Gasteiger partial charge on any atom is 0.326 e. The second-order valence-electron chi connectivity index (χ2n) is 9.21. The largest absolute Gasteiger partial charge is 0.480 e. The smallest absolute Gasteiger partial charge is 0.326 e. The van der Waals surface area contributed by atoms with Crippen LogP contribution in [0.25, 0.3) is 0 Å². The molecule has 0 bridgehead atoms. The van der Waals surface area contributed by atoms with Crippen LogP contribution >= 0.6 is 0 Å². The quantitative estimate of drug-likeness (QED) is 0.113. The van der Waals surface area contributed by atoms with Crippen LogP contribution in [0.2, 0.25) is 0 Å². The molecule has 1 fully saturated rings. The van der Waals surface area contributed by atoms with Crippen LogP contribution in [-0.4, -0.2) is 66.1 Å². The minimum Gasteiger partial charge on any atom is -0.480 e. The number of carboxylic acid groups (broad SMARTS) is 1. The second kappa shape index (κ2) is 13.6. The standard InChI is InChI=1S/C26H32N6O7S/c27-26(28)29-15-5-4-8-22(33)30-18-11-9-17(10-12-18)16-20(25(36)37)31-24(35)21-13-14-23(34)32(21)40(38,39)19-6-2-1-3-7-19/h1-3,6-7,9-12,20-21H,4-5,8,13-16H2,(H,30,33)(H,31,35)(H,36,37)(H4,27,28,29)/t20-,21-/m0/s1. The van der Waals surface area contributed by atoms with Gasteiger partial charge in [-0.3, -0.25) is 19.8 Å². The number of unbranched alkanes of at least 4 members (excludes halogenated alkanes) is 1. The number of anilines is 1. The minimum absolute atomic E-state index is 0.0648. The van der Waals surface area contributed by atoms with Crippen molar-refractivity contribution in [3.05, 3.63) is 60.2 Å². The topological polar surface area (TPSA) is 212 Å². The van der Waals surface area contributed by atoms with Crippen LogP contribution in [-0.2, 0) is 35.6 Å². The summed E-state index contributed by atoms with van der Waals surface area (Å²) in [5.74, 6) is -3.26. The average molecular weight is 573 g/mol. The zero-order valence-electron chi connectivity index (χ0n) is 21.6. The molecule has 3 amide bonds. The fraction of sp³-hybridized carbons (Fsp3) is 0.346. The molecule has 1 saturated heterocycles. The SMILES string of the molecule is N=C(N)NCCCCC(=O)Nc1ccc(C[C@H](NC(=O)[C@@H]2CCC(=O)N2S(=O)(=O)c2ccccc2)C(=O)O)cc1. The molecule has 2 atom stereocenters. The van der Waals surface area contributed by atoms with Crippen molar-refractivity contribution in [2.75, 3.05) is 11.9 Å². The lowest BCUT2D eigenvalue weighted by Gasteiger charge is -2.25. The van der Waals surface area contributed by atoms with Crippen LogP contribution in [0.1, 0.15) is 37.7 Å².